The van der Waals surface area contributed by atoms with Gasteiger partial charge in [0.15, 0.2) is 0 Å². The molecule has 0 spiro atoms. The highest BCUT2D eigenvalue weighted by molar-refractivity contribution is 5.52. The summed E-state index contributed by atoms with van der Waals surface area (Å²) in [5.74, 6) is -1.69. The van der Waals surface area contributed by atoms with E-state index in [0.717, 1.165) is 6.07 Å². The molecule has 2 nitrogen and oxygen atoms in total. The van der Waals surface area contributed by atoms with Crippen molar-refractivity contribution < 1.29 is 13.2 Å². The molecule has 0 aliphatic heterocycles. The normalized spacial score (nSPS) is 10.5. The predicted octanol–water partition coefficient (Wildman–Crippen LogP) is 3.34. The Balaban J connectivity index is 1.96. The number of halogens is 3. The van der Waals surface area contributed by atoms with Crippen LogP contribution in [0.4, 0.5) is 24.5 Å². The second-order valence-electron chi connectivity index (χ2n) is 4.19. The largest absolute Gasteiger partial charge is 0.399 e. The van der Waals surface area contributed by atoms with Crippen molar-refractivity contribution in [3.05, 3.63) is 59.4 Å². The summed E-state index contributed by atoms with van der Waals surface area (Å²) in [5.41, 5.74) is 6.60. The Kier molecular flexibility index (Phi) is 3.94. The third kappa shape index (κ3) is 3.64. The van der Waals surface area contributed by atoms with E-state index in [4.69, 9.17) is 5.73 Å². The Morgan fingerprint density at radius 3 is 2.26 bits per heavy atom. The van der Waals surface area contributed by atoms with Gasteiger partial charge in [0, 0.05) is 18.3 Å². The monoisotopic (exact) mass is 266 g/mol. The molecule has 2 aromatic carbocycles. The average molecular weight is 266 g/mol. The van der Waals surface area contributed by atoms with E-state index in [0.29, 0.717) is 29.9 Å². The molecule has 100 valence electrons. The molecule has 0 amide bonds. The minimum absolute atomic E-state index is 0.311. The first kappa shape index (κ1) is 13.3. The molecule has 0 fully saturated rings. The molecule has 0 saturated carbocycles. The summed E-state index contributed by atoms with van der Waals surface area (Å²) in [7, 11) is 0. The zero-order valence-electron chi connectivity index (χ0n) is 10.1. The number of anilines is 2. The molecular weight excluding hydrogens is 253 g/mol. The van der Waals surface area contributed by atoms with Crippen molar-refractivity contribution in [2.24, 2.45) is 0 Å². The first-order valence-corrected chi connectivity index (χ1v) is 5.78. The van der Waals surface area contributed by atoms with Gasteiger partial charge in [-0.3, -0.25) is 0 Å². The maximum absolute atomic E-state index is 13.4. The van der Waals surface area contributed by atoms with E-state index >= 15 is 0 Å². The molecule has 0 aliphatic rings. The van der Waals surface area contributed by atoms with E-state index in [9.17, 15) is 13.2 Å². The van der Waals surface area contributed by atoms with Crippen LogP contribution < -0.4 is 11.1 Å². The number of benzene rings is 2. The highest BCUT2D eigenvalue weighted by Gasteiger charge is 2.03. The number of rotatable bonds is 4. The van der Waals surface area contributed by atoms with Gasteiger partial charge in [0.05, 0.1) is 5.69 Å². The number of nitrogen functional groups attached to an aromatic ring is 1. The van der Waals surface area contributed by atoms with Crippen LogP contribution in [0, 0.1) is 17.5 Å². The molecule has 2 aromatic rings. The van der Waals surface area contributed by atoms with Gasteiger partial charge in [-0.05, 0) is 42.3 Å². The van der Waals surface area contributed by atoms with Gasteiger partial charge >= 0.3 is 0 Å². The second-order valence-corrected chi connectivity index (χ2v) is 4.19. The molecule has 19 heavy (non-hydrogen) atoms. The fourth-order valence-corrected chi connectivity index (χ4v) is 1.77. The minimum atomic E-state index is -0.617. The van der Waals surface area contributed by atoms with Crippen molar-refractivity contribution in [2.45, 2.75) is 6.42 Å². The van der Waals surface area contributed by atoms with E-state index in [1.807, 2.05) is 0 Å². The summed E-state index contributed by atoms with van der Waals surface area (Å²) in [6.45, 7) is 0.365. The molecule has 0 bridgehead atoms. The topological polar surface area (TPSA) is 38.0 Å². The third-order valence-electron chi connectivity index (χ3n) is 2.64. The second kappa shape index (κ2) is 5.65. The predicted molar refractivity (Wildman–Crippen MR) is 69.4 cm³/mol. The van der Waals surface area contributed by atoms with Gasteiger partial charge < -0.3 is 11.1 Å². The first-order chi connectivity index (χ1) is 9.04. The van der Waals surface area contributed by atoms with Gasteiger partial charge in [0.1, 0.15) is 17.5 Å². The zero-order valence-corrected chi connectivity index (χ0v) is 10.1. The molecule has 0 unspecified atom stereocenters. The summed E-state index contributed by atoms with van der Waals surface area (Å²) in [6, 6.07) is 7.64. The standard InChI is InChI=1S/C14H13F3N2/c15-10-5-9(6-11(16)7-10)3-4-19-14-2-1-12(18)8-13(14)17/h1-2,5-8,19H,3-4,18H2. The van der Waals surface area contributed by atoms with Crippen LogP contribution in [0.2, 0.25) is 0 Å². The fourth-order valence-electron chi connectivity index (χ4n) is 1.77. The lowest BCUT2D eigenvalue weighted by Crippen LogP contribution is -2.07. The van der Waals surface area contributed by atoms with Crippen LogP contribution in [-0.2, 0) is 6.42 Å². The van der Waals surface area contributed by atoms with Crippen LogP contribution >= 0.6 is 0 Å². The Bertz CT molecular complexity index is 565. The third-order valence-corrected chi connectivity index (χ3v) is 2.64. The Hall–Kier alpha value is -2.17. The molecule has 0 aliphatic carbocycles. The van der Waals surface area contributed by atoms with Crippen LogP contribution in [0.5, 0.6) is 0 Å². The lowest BCUT2D eigenvalue weighted by atomic mass is 10.1. The van der Waals surface area contributed by atoms with Crippen LogP contribution in [-0.4, -0.2) is 6.54 Å². The van der Waals surface area contributed by atoms with Gasteiger partial charge in [0.2, 0.25) is 0 Å². The van der Waals surface area contributed by atoms with E-state index in [1.54, 1.807) is 6.07 Å². The summed E-state index contributed by atoms with van der Waals surface area (Å²) in [4.78, 5) is 0. The van der Waals surface area contributed by atoms with Gasteiger partial charge in [-0.25, -0.2) is 13.2 Å². The number of hydrogen-bond donors (Lipinski definition) is 2. The average Bonchev–Trinajstić information content (AvgIpc) is 2.30. The van der Waals surface area contributed by atoms with E-state index in [2.05, 4.69) is 5.32 Å². The smallest absolute Gasteiger partial charge is 0.148 e. The van der Waals surface area contributed by atoms with Crippen LogP contribution in [0.15, 0.2) is 36.4 Å². The summed E-state index contributed by atoms with van der Waals surface area (Å²) in [6.07, 6.45) is 0.387. The SMILES string of the molecule is Nc1ccc(NCCc2cc(F)cc(F)c2)c(F)c1. The Morgan fingerprint density at radius 1 is 0.947 bits per heavy atom. The molecule has 0 aromatic heterocycles. The first-order valence-electron chi connectivity index (χ1n) is 5.78. The van der Waals surface area contributed by atoms with Crippen molar-refractivity contribution in [3.8, 4) is 0 Å². The summed E-state index contributed by atoms with van der Waals surface area (Å²) in [5, 5.41) is 2.85. The van der Waals surface area contributed by atoms with Gasteiger partial charge in [0.25, 0.3) is 0 Å². The summed E-state index contributed by atoms with van der Waals surface area (Å²) < 4.78 is 39.3. The molecule has 0 atom stereocenters. The van der Waals surface area contributed by atoms with Crippen molar-refractivity contribution in [1.82, 2.24) is 0 Å². The minimum Gasteiger partial charge on any atom is -0.399 e. The van der Waals surface area contributed by atoms with E-state index in [1.165, 1.54) is 24.3 Å². The molecule has 2 rings (SSSR count). The number of nitrogens with one attached hydrogen (secondary N) is 1. The van der Waals surface area contributed by atoms with Gasteiger partial charge in [-0.2, -0.15) is 0 Å². The number of nitrogens with two attached hydrogens (primary N) is 1. The van der Waals surface area contributed by atoms with E-state index in [-0.39, 0.29) is 0 Å². The maximum Gasteiger partial charge on any atom is 0.148 e. The lowest BCUT2D eigenvalue weighted by molar-refractivity contribution is 0.579. The van der Waals surface area contributed by atoms with Crippen molar-refractivity contribution in [3.63, 3.8) is 0 Å². The van der Waals surface area contributed by atoms with Gasteiger partial charge in [-0.15, -0.1) is 0 Å². The van der Waals surface area contributed by atoms with Crippen LogP contribution in [0.1, 0.15) is 5.56 Å². The number of hydrogen-bond acceptors (Lipinski definition) is 2. The summed E-state index contributed by atoms with van der Waals surface area (Å²) >= 11 is 0. The fraction of sp³-hybridized carbons (Fsp3) is 0.143. The quantitative estimate of drug-likeness (QED) is 0.833. The van der Waals surface area contributed by atoms with Gasteiger partial charge in [-0.1, -0.05) is 0 Å². The van der Waals surface area contributed by atoms with Crippen LogP contribution in [0.3, 0.4) is 0 Å². The van der Waals surface area contributed by atoms with Crippen molar-refractivity contribution in [1.29, 1.82) is 0 Å². The van der Waals surface area contributed by atoms with E-state index < -0.39 is 17.5 Å². The lowest BCUT2D eigenvalue weighted by Gasteiger charge is -2.08. The zero-order chi connectivity index (χ0) is 13.8. The highest BCUT2D eigenvalue weighted by atomic mass is 19.1. The van der Waals surface area contributed by atoms with Crippen LogP contribution in [0.25, 0.3) is 0 Å². The molecule has 0 saturated heterocycles. The molecule has 5 heteroatoms. The highest BCUT2D eigenvalue weighted by Crippen LogP contribution is 2.17. The molecular formula is C14H13F3N2. The maximum atomic E-state index is 13.4. The Labute approximate surface area is 109 Å². The molecule has 3 N–H and O–H groups in total. The molecule has 0 heterocycles. The van der Waals surface area contributed by atoms with Crippen molar-refractivity contribution in [2.75, 3.05) is 17.6 Å². The molecule has 0 radical (unpaired) electrons. The van der Waals surface area contributed by atoms with Crippen molar-refractivity contribution >= 4 is 11.4 Å². The Morgan fingerprint density at radius 2 is 1.63 bits per heavy atom.